The van der Waals surface area contributed by atoms with Gasteiger partial charge in [-0.25, -0.2) is 0 Å². The van der Waals surface area contributed by atoms with Crippen molar-refractivity contribution in [3.05, 3.63) is 47.6 Å². The van der Waals surface area contributed by atoms with E-state index in [1.807, 2.05) is 31.2 Å². The van der Waals surface area contributed by atoms with Gasteiger partial charge in [-0.05, 0) is 57.0 Å². The summed E-state index contributed by atoms with van der Waals surface area (Å²) in [7, 11) is 1.64. The van der Waals surface area contributed by atoms with Gasteiger partial charge in [-0.1, -0.05) is 52.0 Å². The summed E-state index contributed by atoms with van der Waals surface area (Å²) in [5, 5.41) is 0. The average molecular weight is 378 g/mol. The summed E-state index contributed by atoms with van der Waals surface area (Å²) in [4.78, 5) is 0. The molecule has 0 saturated carbocycles. The van der Waals surface area contributed by atoms with Crippen LogP contribution in [0.2, 0.25) is 0 Å². The van der Waals surface area contributed by atoms with E-state index in [1.54, 1.807) is 7.11 Å². The third-order valence-corrected chi connectivity index (χ3v) is 3.65. The van der Waals surface area contributed by atoms with Crippen LogP contribution in [0.25, 0.3) is 0 Å². The minimum Gasteiger partial charge on any atom is -0.497 e. The third kappa shape index (κ3) is 9.80. The molecule has 0 saturated heterocycles. The Labute approximate surface area is 154 Å². The van der Waals surface area contributed by atoms with Crippen LogP contribution in [-0.2, 0) is 0 Å². The van der Waals surface area contributed by atoms with E-state index in [1.165, 1.54) is 5.57 Å². The fourth-order valence-corrected chi connectivity index (χ4v) is 2.62. The smallest absolute Gasteiger partial charge is 0.194 e. The monoisotopic (exact) mass is 376 g/mol. The molecule has 2 nitrogen and oxygen atoms in total. The van der Waals surface area contributed by atoms with E-state index >= 15 is 0 Å². The highest BCUT2D eigenvalue weighted by atomic mass is 35.6. The Hall–Kier alpha value is -0.830. The van der Waals surface area contributed by atoms with Gasteiger partial charge >= 0.3 is 0 Å². The Morgan fingerprint density at radius 3 is 2.17 bits per heavy atom. The van der Waals surface area contributed by atoms with Gasteiger partial charge in [-0.2, -0.15) is 0 Å². The zero-order valence-electron chi connectivity index (χ0n) is 13.7. The number of benzene rings is 1. The molecule has 0 fully saturated rings. The number of alkyl halides is 3. The summed E-state index contributed by atoms with van der Waals surface area (Å²) in [6, 6.07) is 7.55. The second-order valence-electron chi connectivity index (χ2n) is 5.42. The number of rotatable bonds is 8. The summed E-state index contributed by atoms with van der Waals surface area (Å²) >= 11 is 17.3. The van der Waals surface area contributed by atoms with E-state index in [9.17, 15) is 0 Å². The molecule has 0 radical (unpaired) electrons. The Morgan fingerprint density at radius 1 is 1.00 bits per heavy atom. The van der Waals surface area contributed by atoms with E-state index in [0.29, 0.717) is 13.0 Å². The molecule has 0 heterocycles. The molecule has 0 aromatic heterocycles. The molecule has 0 spiro atoms. The minimum absolute atomic E-state index is 0.459. The van der Waals surface area contributed by atoms with Gasteiger partial charge < -0.3 is 9.47 Å². The lowest BCUT2D eigenvalue weighted by atomic mass is 10.1. The van der Waals surface area contributed by atoms with Crippen molar-refractivity contribution in [1.82, 2.24) is 0 Å². The summed E-state index contributed by atoms with van der Waals surface area (Å²) in [5.74, 6) is 1.65. The molecule has 1 rings (SSSR count). The molecule has 1 aromatic rings. The van der Waals surface area contributed by atoms with E-state index in [-0.39, 0.29) is 0 Å². The average Bonchev–Trinajstić information content (AvgIpc) is 2.46. The fraction of sp³-hybridized carbons (Fsp3) is 0.444. The lowest BCUT2D eigenvalue weighted by Crippen LogP contribution is -2.01. The van der Waals surface area contributed by atoms with Gasteiger partial charge in [-0.3, -0.25) is 0 Å². The molecule has 23 heavy (non-hydrogen) atoms. The Morgan fingerprint density at radius 2 is 1.61 bits per heavy atom. The van der Waals surface area contributed by atoms with Crippen LogP contribution in [0.4, 0.5) is 0 Å². The molecule has 0 N–H and O–H groups in total. The van der Waals surface area contributed by atoms with Gasteiger partial charge in [0.15, 0.2) is 3.79 Å². The van der Waals surface area contributed by atoms with E-state index in [2.05, 4.69) is 19.1 Å². The first-order valence-corrected chi connectivity index (χ1v) is 8.58. The molecule has 0 atom stereocenters. The molecule has 0 aliphatic heterocycles. The van der Waals surface area contributed by atoms with Crippen LogP contribution >= 0.6 is 34.8 Å². The molecule has 1 aromatic carbocycles. The second kappa shape index (κ2) is 10.1. The number of allylic oxidation sites excluding steroid dienone is 3. The maximum atomic E-state index is 5.77. The molecular formula is C18H23Cl3O2. The van der Waals surface area contributed by atoms with Crippen LogP contribution in [0.5, 0.6) is 11.5 Å². The number of methoxy groups -OCH3 is 1. The predicted octanol–water partition coefficient (Wildman–Crippen LogP) is 6.51. The fourth-order valence-electron chi connectivity index (χ4n) is 1.99. The van der Waals surface area contributed by atoms with Gasteiger partial charge in [0.1, 0.15) is 18.1 Å². The molecule has 0 amide bonds. The molecule has 128 valence electrons. The van der Waals surface area contributed by atoms with Crippen LogP contribution in [-0.4, -0.2) is 17.5 Å². The Kier molecular flexibility index (Phi) is 8.90. The third-order valence-electron chi connectivity index (χ3n) is 3.25. The second-order valence-corrected chi connectivity index (χ2v) is 7.93. The predicted molar refractivity (Wildman–Crippen MR) is 100 cm³/mol. The molecular weight excluding hydrogens is 355 g/mol. The summed E-state index contributed by atoms with van der Waals surface area (Å²) in [6.07, 6.45) is 6.55. The van der Waals surface area contributed by atoms with Crippen LogP contribution in [0, 0.1) is 0 Å². The highest BCUT2D eigenvalue weighted by molar-refractivity contribution is 6.67. The zero-order valence-corrected chi connectivity index (χ0v) is 16.0. The van der Waals surface area contributed by atoms with Gasteiger partial charge in [0, 0.05) is 6.42 Å². The SMILES string of the molecule is COc1ccc(OCC=C(C)CCC=C(C)CC(Cl)(Cl)Cl)cc1. The zero-order chi connectivity index (χ0) is 17.3. The van der Waals surface area contributed by atoms with Crippen LogP contribution < -0.4 is 9.47 Å². The van der Waals surface area contributed by atoms with Crippen molar-refractivity contribution in [2.45, 2.75) is 36.9 Å². The maximum absolute atomic E-state index is 5.77. The first-order valence-electron chi connectivity index (χ1n) is 7.45. The van der Waals surface area contributed by atoms with Gasteiger partial charge in [0.2, 0.25) is 0 Å². The minimum atomic E-state index is -1.21. The molecule has 0 bridgehead atoms. The number of ether oxygens (including phenoxy) is 2. The Balaban J connectivity index is 2.32. The van der Waals surface area contributed by atoms with Crippen molar-refractivity contribution >= 4 is 34.8 Å². The van der Waals surface area contributed by atoms with E-state index < -0.39 is 3.79 Å². The van der Waals surface area contributed by atoms with Crippen molar-refractivity contribution < 1.29 is 9.47 Å². The molecule has 0 unspecified atom stereocenters. The molecule has 5 heteroatoms. The lowest BCUT2D eigenvalue weighted by Gasteiger charge is -2.10. The largest absolute Gasteiger partial charge is 0.497 e. The van der Waals surface area contributed by atoms with Crippen molar-refractivity contribution in [2.24, 2.45) is 0 Å². The van der Waals surface area contributed by atoms with Crippen molar-refractivity contribution in [3.63, 3.8) is 0 Å². The van der Waals surface area contributed by atoms with Crippen LogP contribution in [0.1, 0.15) is 33.1 Å². The highest BCUT2D eigenvalue weighted by Gasteiger charge is 2.19. The first kappa shape index (κ1) is 20.2. The lowest BCUT2D eigenvalue weighted by molar-refractivity contribution is 0.359. The van der Waals surface area contributed by atoms with Crippen molar-refractivity contribution in [1.29, 1.82) is 0 Å². The quantitative estimate of drug-likeness (QED) is 0.380. The number of hydrogen-bond acceptors (Lipinski definition) is 2. The van der Waals surface area contributed by atoms with Crippen LogP contribution in [0.15, 0.2) is 47.6 Å². The topological polar surface area (TPSA) is 18.5 Å². The number of halogens is 3. The maximum Gasteiger partial charge on any atom is 0.194 e. The summed E-state index contributed by atoms with van der Waals surface area (Å²) in [6.45, 7) is 4.62. The van der Waals surface area contributed by atoms with E-state index in [4.69, 9.17) is 44.3 Å². The molecule has 0 aliphatic carbocycles. The van der Waals surface area contributed by atoms with Gasteiger partial charge in [0.05, 0.1) is 7.11 Å². The summed E-state index contributed by atoms with van der Waals surface area (Å²) in [5.41, 5.74) is 2.36. The van der Waals surface area contributed by atoms with Gasteiger partial charge in [-0.15, -0.1) is 0 Å². The van der Waals surface area contributed by atoms with Crippen molar-refractivity contribution in [2.75, 3.05) is 13.7 Å². The van der Waals surface area contributed by atoms with Crippen LogP contribution in [0.3, 0.4) is 0 Å². The highest BCUT2D eigenvalue weighted by Crippen LogP contribution is 2.33. The standard InChI is InChI=1S/C18H23Cl3O2/c1-14(5-4-6-15(2)13-18(19,20)21)11-12-23-17-9-7-16(22-3)8-10-17/h6-11H,4-5,12-13H2,1-3H3. The normalized spacial score (nSPS) is 13.1. The van der Waals surface area contributed by atoms with E-state index in [0.717, 1.165) is 29.9 Å². The van der Waals surface area contributed by atoms with Crippen molar-refractivity contribution in [3.8, 4) is 11.5 Å². The number of hydrogen-bond donors (Lipinski definition) is 0. The Bertz CT molecular complexity index is 528. The molecule has 0 aliphatic rings. The van der Waals surface area contributed by atoms with Gasteiger partial charge in [0.25, 0.3) is 0 Å². The summed E-state index contributed by atoms with van der Waals surface area (Å²) < 4.78 is 9.57. The first-order chi connectivity index (χ1) is 10.8.